The van der Waals surface area contributed by atoms with E-state index >= 15 is 0 Å². The number of esters is 1. The summed E-state index contributed by atoms with van der Waals surface area (Å²) in [4.78, 5) is 33.2. The second-order valence-corrected chi connectivity index (χ2v) is 8.94. The molecule has 0 rings (SSSR count). The first-order valence-electron chi connectivity index (χ1n) is 11.0. The van der Waals surface area contributed by atoms with Crippen molar-refractivity contribution in [2.45, 2.75) is 96.0 Å². The third-order valence-corrected chi connectivity index (χ3v) is 4.72. The molecule has 170 valence electrons. The van der Waals surface area contributed by atoms with Crippen molar-refractivity contribution in [3.8, 4) is 0 Å². The molecule has 0 saturated carbocycles. The third kappa shape index (κ3) is 20.9. The number of nitrogens with zero attached hydrogens (tertiary/aromatic N) is 1. The van der Waals surface area contributed by atoms with E-state index in [1.165, 1.54) is 25.7 Å². The highest BCUT2D eigenvalue weighted by Gasteiger charge is 2.22. The molecule has 29 heavy (non-hydrogen) atoms. The fraction of sp³-hybridized carbons (Fsp3) is 0.864. The lowest BCUT2D eigenvalue weighted by atomic mass is 10.0. The van der Waals surface area contributed by atoms with E-state index in [0.29, 0.717) is 17.4 Å². The Labute approximate surface area is 176 Å². The highest BCUT2D eigenvalue weighted by Crippen LogP contribution is 2.13. The number of quaternary nitrogens is 1. The predicted molar refractivity (Wildman–Crippen MR) is 110 cm³/mol. The van der Waals surface area contributed by atoms with Crippen LogP contribution in [0.25, 0.3) is 0 Å². The number of carbonyl (C=O) groups excluding carboxylic acids is 2. The molecule has 0 aromatic carbocycles. The van der Waals surface area contributed by atoms with Crippen LogP contribution in [-0.2, 0) is 19.1 Å². The molecule has 0 unspecified atom stereocenters. The van der Waals surface area contributed by atoms with Crippen LogP contribution in [0, 0.1) is 0 Å². The van der Waals surface area contributed by atoms with Crippen LogP contribution in [0.5, 0.6) is 0 Å². The molecule has 7 heteroatoms. The Kier molecular flexibility index (Phi) is 15.3. The average Bonchev–Trinajstić information content (AvgIpc) is 2.56. The fourth-order valence-corrected chi connectivity index (χ4v) is 3.32. The summed E-state index contributed by atoms with van der Waals surface area (Å²) in [6.45, 7) is 0.444. The van der Waals surface area contributed by atoms with Crippen LogP contribution in [0.2, 0.25) is 0 Å². The lowest BCUT2D eigenvalue weighted by molar-refractivity contribution is -0.873. The molecule has 0 spiro atoms. The minimum Gasteiger partial charge on any atom is -0.550 e. The van der Waals surface area contributed by atoms with Gasteiger partial charge < -0.3 is 24.2 Å². The molecule has 0 aromatic heterocycles. The van der Waals surface area contributed by atoms with E-state index in [1.54, 1.807) is 0 Å². The molecule has 0 bridgehead atoms. The third-order valence-electron chi connectivity index (χ3n) is 4.72. The van der Waals surface area contributed by atoms with Crippen molar-refractivity contribution in [2.24, 2.45) is 0 Å². The Morgan fingerprint density at radius 3 is 1.59 bits per heavy atom. The van der Waals surface area contributed by atoms with Crippen molar-refractivity contribution in [3.05, 3.63) is 0 Å². The molecular formula is C22H41NO6. The zero-order valence-electron chi connectivity index (χ0n) is 18.6. The van der Waals surface area contributed by atoms with Crippen LogP contribution in [-0.4, -0.2) is 61.3 Å². The van der Waals surface area contributed by atoms with Gasteiger partial charge >= 0.3 is 11.9 Å². The summed E-state index contributed by atoms with van der Waals surface area (Å²) in [5.74, 6) is -2.23. The summed E-state index contributed by atoms with van der Waals surface area (Å²) < 4.78 is 5.86. The predicted octanol–water partition coefficient (Wildman–Crippen LogP) is 2.90. The van der Waals surface area contributed by atoms with E-state index in [2.05, 4.69) is 0 Å². The van der Waals surface area contributed by atoms with Crippen molar-refractivity contribution in [3.63, 3.8) is 0 Å². The average molecular weight is 416 g/mol. The van der Waals surface area contributed by atoms with Crippen LogP contribution in [0.3, 0.4) is 0 Å². The number of rotatable bonds is 19. The van der Waals surface area contributed by atoms with Gasteiger partial charge in [-0.15, -0.1) is 0 Å². The normalized spacial score (nSPS) is 12.5. The second kappa shape index (κ2) is 16.2. The first kappa shape index (κ1) is 27.4. The summed E-state index contributed by atoms with van der Waals surface area (Å²) in [6, 6.07) is 0. The number of carbonyl (C=O) groups is 3. The van der Waals surface area contributed by atoms with Gasteiger partial charge in [-0.1, -0.05) is 57.8 Å². The topological polar surface area (TPSA) is 104 Å². The number of likely N-dealkylation sites (N-methyl/N-ethyl adjacent to an activating group) is 1. The van der Waals surface area contributed by atoms with E-state index in [4.69, 9.17) is 9.84 Å². The highest BCUT2D eigenvalue weighted by molar-refractivity contribution is 5.70. The Morgan fingerprint density at radius 1 is 0.793 bits per heavy atom. The molecule has 0 radical (unpaired) electrons. The van der Waals surface area contributed by atoms with Crippen molar-refractivity contribution in [1.29, 1.82) is 0 Å². The zero-order chi connectivity index (χ0) is 22.1. The maximum absolute atomic E-state index is 12.0. The molecule has 0 fully saturated rings. The Bertz CT molecular complexity index is 472. The van der Waals surface area contributed by atoms with Gasteiger partial charge in [0.05, 0.1) is 21.1 Å². The molecule has 0 aliphatic rings. The number of ether oxygens (including phenoxy) is 1. The zero-order valence-corrected chi connectivity index (χ0v) is 18.6. The number of carboxylic acids is 2. The van der Waals surface area contributed by atoms with Crippen LogP contribution in [0.4, 0.5) is 0 Å². The van der Waals surface area contributed by atoms with E-state index in [9.17, 15) is 19.5 Å². The minimum atomic E-state index is -1.20. The van der Waals surface area contributed by atoms with Crippen LogP contribution < -0.4 is 5.11 Å². The van der Waals surface area contributed by atoms with Gasteiger partial charge in [-0.05, 0) is 12.8 Å². The van der Waals surface area contributed by atoms with Gasteiger partial charge in [-0.3, -0.25) is 9.59 Å². The maximum atomic E-state index is 12.0. The van der Waals surface area contributed by atoms with E-state index in [-0.39, 0.29) is 18.8 Å². The van der Waals surface area contributed by atoms with Gasteiger partial charge in [0.25, 0.3) is 0 Å². The first-order chi connectivity index (χ1) is 13.6. The SMILES string of the molecule is C[N+](C)(C)C[C@@H](CC(=O)[O-])OC(=O)CCCCCCCCCCCCCC(=O)O. The highest BCUT2D eigenvalue weighted by atomic mass is 16.5. The standard InChI is InChI=1S/C22H41NO6/c1-23(2,3)18-19(17-21(26)27)29-22(28)16-14-12-10-8-6-4-5-7-9-11-13-15-20(24)25/h19H,4-18H2,1-3H3,(H-,24,25,26,27)/t19-/m1/s1. The van der Waals surface area contributed by atoms with E-state index < -0.39 is 18.0 Å². The summed E-state index contributed by atoms with van der Waals surface area (Å²) in [6.07, 6.45) is 11.4. The number of unbranched alkanes of at least 4 members (excludes halogenated alkanes) is 10. The molecular weight excluding hydrogens is 374 g/mol. The van der Waals surface area contributed by atoms with Crippen LogP contribution >= 0.6 is 0 Å². The van der Waals surface area contributed by atoms with Crippen molar-refractivity contribution in [1.82, 2.24) is 0 Å². The quantitative estimate of drug-likeness (QED) is 0.198. The van der Waals surface area contributed by atoms with E-state index in [0.717, 1.165) is 44.9 Å². The molecule has 0 aliphatic heterocycles. The minimum absolute atomic E-state index is 0.263. The first-order valence-corrected chi connectivity index (χ1v) is 11.0. The molecule has 1 N–H and O–H groups in total. The molecule has 0 saturated heterocycles. The van der Waals surface area contributed by atoms with Gasteiger partial charge in [-0.2, -0.15) is 0 Å². The fourth-order valence-electron chi connectivity index (χ4n) is 3.32. The lowest BCUT2D eigenvalue weighted by Crippen LogP contribution is -2.45. The summed E-state index contributed by atoms with van der Waals surface area (Å²) in [5, 5.41) is 19.4. The molecule has 1 atom stereocenters. The Morgan fingerprint density at radius 2 is 1.21 bits per heavy atom. The molecule has 7 nitrogen and oxygen atoms in total. The van der Waals surface area contributed by atoms with Gasteiger partial charge in [0.15, 0.2) is 6.10 Å². The van der Waals surface area contributed by atoms with Gasteiger partial charge in [-0.25, -0.2) is 0 Å². The van der Waals surface area contributed by atoms with Crippen molar-refractivity contribution >= 4 is 17.9 Å². The molecule has 0 heterocycles. The largest absolute Gasteiger partial charge is 0.550 e. The second-order valence-electron chi connectivity index (χ2n) is 8.94. The number of carboxylic acid groups (broad SMARTS) is 2. The van der Waals surface area contributed by atoms with Crippen molar-refractivity contribution < 1.29 is 33.8 Å². The molecule has 0 aliphatic carbocycles. The van der Waals surface area contributed by atoms with Crippen LogP contribution in [0.1, 0.15) is 89.9 Å². The van der Waals surface area contributed by atoms with Crippen molar-refractivity contribution in [2.75, 3.05) is 27.7 Å². The monoisotopic (exact) mass is 415 g/mol. The summed E-state index contributed by atoms with van der Waals surface area (Å²) in [7, 11) is 5.78. The Hall–Kier alpha value is -1.63. The molecule has 0 aromatic rings. The number of aliphatic carboxylic acids is 2. The number of hydrogen-bond acceptors (Lipinski definition) is 5. The number of hydrogen-bond donors (Lipinski definition) is 1. The smallest absolute Gasteiger partial charge is 0.306 e. The van der Waals surface area contributed by atoms with Gasteiger partial charge in [0.1, 0.15) is 6.54 Å². The summed E-state index contributed by atoms with van der Waals surface area (Å²) in [5.41, 5.74) is 0. The summed E-state index contributed by atoms with van der Waals surface area (Å²) >= 11 is 0. The molecule has 0 amide bonds. The van der Waals surface area contributed by atoms with Gasteiger partial charge in [0.2, 0.25) is 0 Å². The van der Waals surface area contributed by atoms with E-state index in [1.807, 2.05) is 21.1 Å². The van der Waals surface area contributed by atoms with Crippen LogP contribution in [0.15, 0.2) is 0 Å². The van der Waals surface area contributed by atoms with Gasteiger partial charge in [0, 0.05) is 25.2 Å². The lowest BCUT2D eigenvalue weighted by Gasteiger charge is -2.29. The Balaban J connectivity index is 3.63. The maximum Gasteiger partial charge on any atom is 0.306 e.